The maximum atomic E-state index is 11.3. The molecule has 0 aliphatic carbocycles. The lowest BCUT2D eigenvalue weighted by Gasteiger charge is -2.09. The van der Waals surface area contributed by atoms with E-state index in [1.807, 2.05) is 24.3 Å². The number of carbonyl (C=O) groups is 1. The summed E-state index contributed by atoms with van der Waals surface area (Å²) in [4.78, 5) is 11.3. The van der Waals surface area contributed by atoms with Crippen LogP contribution in [0.15, 0.2) is 42.5 Å². The number of carbonyl (C=O) groups excluding carboxylic acids is 1. The highest BCUT2D eigenvalue weighted by Gasteiger charge is 2.02. The maximum absolute atomic E-state index is 11.3. The Bertz CT molecular complexity index is 624. The lowest BCUT2D eigenvalue weighted by Crippen LogP contribution is -2.09. The zero-order valence-corrected chi connectivity index (χ0v) is 11.8. The van der Waals surface area contributed by atoms with E-state index in [0.717, 1.165) is 16.9 Å². The third-order valence-electron chi connectivity index (χ3n) is 3.03. The lowest BCUT2D eigenvalue weighted by molar-refractivity contribution is -0.115. The molecule has 0 saturated heterocycles. The van der Waals surface area contributed by atoms with Gasteiger partial charge in [0.25, 0.3) is 0 Å². The molecular weight excluding hydrogens is 268 g/mol. The van der Waals surface area contributed by atoms with Crippen molar-refractivity contribution in [1.29, 1.82) is 0 Å². The van der Waals surface area contributed by atoms with Crippen molar-refractivity contribution in [3.8, 4) is 11.5 Å². The molecule has 110 valence electrons. The highest BCUT2D eigenvalue weighted by Crippen LogP contribution is 2.25. The highest BCUT2D eigenvalue weighted by atomic mass is 16.3. The van der Waals surface area contributed by atoms with Gasteiger partial charge in [0.05, 0.1) is 0 Å². The quantitative estimate of drug-likeness (QED) is 0.637. The first-order chi connectivity index (χ1) is 10.1. The largest absolute Gasteiger partial charge is 0.504 e. The number of nitrogens with one attached hydrogen (secondary N) is 2. The van der Waals surface area contributed by atoms with Crippen LogP contribution in [0.4, 0.5) is 11.4 Å². The summed E-state index contributed by atoms with van der Waals surface area (Å²) >= 11 is 0. The molecule has 0 fully saturated rings. The molecule has 0 aromatic heterocycles. The van der Waals surface area contributed by atoms with Crippen LogP contribution in [-0.2, 0) is 11.3 Å². The summed E-state index contributed by atoms with van der Waals surface area (Å²) in [6.45, 7) is 2.33. The molecule has 0 unspecified atom stereocenters. The zero-order valence-electron chi connectivity index (χ0n) is 11.8. The van der Waals surface area contributed by atoms with E-state index in [9.17, 15) is 15.0 Å². The molecule has 1 amide bonds. The molecule has 0 spiro atoms. The normalized spacial score (nSPS) is 10.1. The predicted octanol–water partition coefficient (Wildman–Crippen LogP) is 3.06. The van der Waals surface area contributed by atoms with E-state index >= 15 is 0 Å². The molecule has 2 rings (SSSR count). The summed E-state index contributed by atoms with van der Waals surface area (Å²) in [6, 6.07) is 12.1. The molecule has 0 atom stereocenters. The van der Waals surface area contributed by atoms with Gasteiger partial charge in [0.15, 0.2) is 11.5 Å². The summed E-state index contributed by atoms with van der Waals surface area (Å²) < 4.78 is 0. The van der Waals surface area contributed by atoms with Crippen molar-refractivity contribution in [2.75, 3.05) is 10.6 Å². The van der Waals surface area contributed by atoms with Crippen LogP contribution < -0.4 is 10.6 Å². The van der Waals surface area contributed by atoms with Crippen molar-refractivity contribution in [3.63, 3.8) is 0 Å². The van der Waals surface area contributed by atoms with Gasteiger partial charge in [-0.25, -0.2) is 0 Å². The van der Waals surface area contributed by atoms with Gasteiger partial charge in [-0.15, -0.1) is 0 Å². The average Bonchev–Trinajstić information content (AvgIpc) is 2.50. The fourth-order valence-corrected chi connectivity index (χ4v) is 1.80. The predicted molar refractivity (Wildman–Crippen MR) is 82.5 cm³/mol. The van der Waals surface area contributed by atoms with Gasteiger partial charge in [-0.3, -0.25) is 4.79 Å². The summed E-state index contributed by atoms with van der Waals surface area (Å²) in [6.07, 6.45) is 0.449. The standard InChI is InChI=1S/C16H18N2O3/c1-2-16(21)18-13-6-4-12(5-7-13)17-10-11-3-8-14(19)15(20)9-11/h3-9,17,19-20H,2,10H2,1H3,(H,18,21). The summed E-state index contributed by atoms with van der Waals surface area (Å²) in [5.41, 5.74) is 2.51. The minimum absolute atomic E-state index is 0.0183. The molecule has 0 aliphatic heterocycles. The molecule has 0 radical (unpaired) electrons. The average molecular weight is 286 g/mol. The van der Waals surface area contributed by atoms with Crippen molar-refractivity contribution in [2.24, 2.45) is 0 Å². The molecule has 2 aromatic rings. The lowest BCUT2D eigenvalue weighted by atomic mass is 10.2. The van der Waals surface area contributed by atoms with Crippen molar-refractivity contribution in [2.45, 2.75) is 19.9 Å². The Labute approximate surface area is 123 Å². The van der Waals surface area contributed by atoms with Crippen LogP contribution in [0.3, 0.4) is 0 Å². The van der Waals surface area contributed by atoms with E-state index in [1.165, 1.54) is 12.1 Å². The van der Waals surface area contributed by atoms with Crippen LogP contribution in [0.25, 0.3) is 0 Å². The number of anilines is 2. The van der Waals surface area contributed by atoms with Gasteiger partial charge < -0.3 is 20.8 Å². The first-order valence-corrected chi connectivity index (χ1v) is 6.73. The summed E-state index contributed by atoms with van der Waals surface area (Å²) in [5.74, 6) is -0.281. The van der Waals surface area contributed by atoms with Crippen molar-refractivity contribution < 1.29 is 15.0 Å². The Kier molecular flexibility index (Phi) is 4.66. The molecule has 0 aliphatic rings. The number of amides is 1. The number of phenolic OH excluding ortho intramolecular Hbond substituents is 2. The Morgan fingerprint density at radius 1 is 1.00 bits per heavy atom. The number of benzene rings is 2. The molecule has 5 nitrogen and oxygen atoms in total. The Balaban J connectivity index is 1.94. The van der Waals surface area contributed by atoms with Crippen LogP contribution in [0.1, 0.15) is 18.9 Å². The molecule has 0 heterocycles. The van der Waals surface area contributed by atoms with Gasteiger partial charge in [-0.2, -0.15) is 0 Å². The van der Waals surface area contributed by atoms with E-state index in [2.05, 4.69) is 10.6 Å². The van der Waals surface area contributed by atoms with Crippen LogP contribution in [0, 0.1) is 0 Å². The van der Waals surface area contributed by atoms with Crippen LogP contribution in [0.2, 0.25) is 0 Å². The monoisotopic (exact) mass is 286 g/mol. The Morgan fingerprint density at radius 2 is 1.67 bits per heavy atom. The number of hydrogen-bond acceptors (Lipinski definition) is 4. The molecule has 5 heteroatoms. The van der Waals surface area contributed by atoms with Crippen LogP contribution in [-0.4, -0.2) is 16.1 Å². The van der Waals surface area contributed by atoms with Gasteiger partial charge in [-0.05, 0) is 42.0 Å². The number of phenols is 2. The molecule has 2 aromatic carbocycles. The van der Waals surface area contributed by atoms with Crippen molar-refractivity contribution in [3.05, 3.63) is 48.0 Å². The third kappa shape index (κ3) is 4.14. The topological polar surface area (TPSA) is 81.6 Å². The van der Waals surface area contributed by atoms with E-state index in [-0.39, 0.29) is 17.4 Å². The van der Waals surface area contributed by atoms with Gasteiger partial charge in [0.1, 0.15) is 0 Å². The van der Waals surface area contributed by atoms with Gasteiger partial charge >= 0.3 is 0 Å². The molecule has 21 heavy (non-hydrogen) atoms. The first-order valence-electron chi connectivity index (χ1n) is 6.73. The fraction of sp³-hybridized carbons (Fsp3) is 0.188. The van der Waals surface area contributed by atoms with Crippen molar-refractivity contribution >= 4 is 17.3 Å². The minimum Gasteiger partial charge on any atom is -0.504 e. The molecular formula is C16H18N2O3. The van der Waals surface area contributed by atoms with E-state index in [4.69, 9.17) is 0 Å². The highest BCUT2D eigenvalue weighted by molar-refractivity contribution is 5.90. The van der Waals surface area contributed by atoms with Gasteiger partial charge in [-0.1, -0.05) is 13.0 Å². The van der Waals surface area contributed by atoms with Crippen LogP contribution in [0.5, 0.6) is 11.5 Å². The minimum atomic E-state index is -0.132. The summed E-state index contributed by atoms with van der Waals surface area (Å²) in [7, 11) is 0. The Hall–Kier alpha value is -2.69. The number of rotatable bonds is 5. The number of aromatic hydroxyl groups is 2. The van der Waals surface area contributed by atoms with E-state index in [1.54, 1.807) is 13.0 Å². The molecule has 4 N–H and O–H groups in total. The van der Waals surface area contributed by atoms with Gasteiger partial charge in [0.2, 0.25) is 5.91 Å². The smallest absolute Gasteiger partial charge is 0.224 e. The SMILES string of the molecule is CCC(=O)Nc1ccc(NCc2ccc(O)c(O)c2)cc1. The number of hydrogen-bond donors (Lipinski definition) is 4. The maximum Gasteiger partial charge on any atom is 0.224 e. The van der Waals surface area contributed by atoms with Crippen LogP contribution >= 0.6 is 0 Å². The fourth-order valence-electron chi connectivity index (χ4n) is 1.80. The van der Waals surface area contributed by atoms with E-state index in [0.29, 0.717) is 13.0 Å². The molecule has 0 saturated carbocycles. The Morgan fingerprint density at radius 3 is 2.29 bits per heavy atom. The zero-order chi connectivity index (χ0) is 15.2. The second-order valence-corrected chi connectivity index (χ2v) is 4.66. The summed E-state index contributed by atoms with van der Waals surface area (Å²) in [5, 5.41) is 24.6. The second kappa shape index (κ2) is 6.65. The first kappa shape index (κ1) is 14.7. The van der Waals surface area contributed by atoms with E-state index < -0.39 is 0 Å². The third-order valence-corrected chi connectivity index (χ3v) is 3.03. The van der Waals surface area contributed by atoms with Gasteiger partial charge in [0, 0.05) is 24.3 Å². The van der Waals surface area contributed by atoms with Crippen molar-refractivity contribution in [1.82, 2.24) is 0 Å². The molecule has 0 bridgehead atoms. The second-order valence-electron chi connectivity index (χ2n) is 4.66.